The van der Waals surface area contributed by atoms with Crippen molar-refractivity contribution in [3.63, 3.8) is 0 Å². The standard InChI is InChI=1S/C33H29F3N6O3.BrH/c1-40-27-6-4-7-29(26(27)19-28(40)32(44)42-17-15-41(16-18-42)21-25-5-2-3-14-37-25)45-30-13-12-24(20-38-30)39-31(43)22-8-10-23(11-9-22)33(34,35)36;/h2-14,19-20H,15-18,21H2,1H3,(H,39,43);1H. The summed E-state index contributed by atoms with van der Waals surface area (Å²) in [5, 5.41) is 3.37. The molecule has 0 spiro atoms. The van der Waals surface area contributed by atoms with E-state index in [0.717, 1.165) is 60.5 Å². The smallest absolute Gasteiger partial charge is 0.416 e. The van der Waals surface area contributed by atoms with Crippen molar-refractivity contribution in [2.75, 3.05) is 31.5 Å². The molecule has 2 amide bonds. The zero-order valence-corrected chi connectivity index (χ0v) is 26.4. The lowest BCUT2D eigenvalue weighted by atomic mass is 10.1. The molecule has 0 saturated carbocycles. The Morgan fingerprint density at radius 3 is 2.33 bits per heavy atom. The van der Waals surface area contributed by atoms with Crippen LogP contribution in [0, 0.1) is 0 Å². The Kier molecular flexibility index (Phi) is 9.73. The number of carbonyl (C=O) groups is 2. The second-order valence-electron chi connectivity index (χ2n) is 10.7. The number of hydrogen-bond acceptors (Lipinski definition) is 6. The van der Waals surface area contributed by atoms with Crippen LogP contribution in [0.4, 0.5) is 18.9 Å². The average Bonchev–Trinajstić information content (AvgIpc) is 3.39. The fourth-order valence-corrected chi connectivity index (χ4v) is 5.26. The second-order valence-corrected chi connectivity index (χ2v) is 10.7. The first-order valence-electron chi connectivity index (χ1n) is 14.3. The Labute approximate surface area is 273 Å². The molecule has 4 heterocycles. The van der Waals surface area contributed by atoms with Gasteiger partial charge >= 0.3 is 6.18 Å². The maximum absolute atomic E-state index is 13.6. The molecule has 1 fully saturated rings. The number of ether oxygens (including phenoxy) is 1. The van der Waals surface area contributed by atoms with Crippen LogP contribution < -0.4 is 10.1 Å². The highest BCUT2D eigenvalue weighted by Crippen LogP contribution is 2.32. The molecule has 5 aromatic rings. The first kappa shape index (κ1) is 32.6. The number of aromatic nitrogens is 3. The van der Waals surface area contributed by atoms with Crippen molar-refractivity contribution in [2.24, 2.45) is 7.05 Å². The van der Waals surface area contributed by atoms with Gasteiger partial charge in [0, 0.05) is 63.0 Å². The van der Waals surface area contributed by atoms with Crippen LogP contribution in [0.2, 0.25) is 0 Å². The minimum Gasteiger partial charge on any atom is -0.438 e. The zero-order chi connectivity index (χ0) is 31.6. The summed E-state index contributed by atoms with van der Waals surface area (Å²) in [6, 6.07) is 20.3. The molecule has 1 N–H and O–H groups in total. The number of alkyl halides is 3. The quantitative estimate of drug-likeness (QED) is 0.207. The highest BCUT2D eigenvalue weighted by atomic mass is 79.9. The topological polar surface area (TPSA) is 92.6 Å². The van der Waals surface area contributed by atoms with Crippen LogP contribution in [0.1, 0.15) is 32.1 Å². The summed E-state index contributed by atoms with van der Waals surface area (Å²) >= 11 is 0. The number of aryl methyl sites for hydroxylation is 1. The second kappa shape index (κ2) is 13.7. The van der Waals surface area contributed by atoms with Gasteiger partial charge in [0.2, 0.25) is 5.88 Å². The van der Waals surface area contributed by atoms with E-state index in [1.165, 1.54) is 6.20 Å². The average molecular weight is 696 g/mol. The van der Waals surface area contributed by atoms with E-state index in [9.17, 15) is 22.8 Å². The van der Waals surface area contributed by atoms with Crippen molar-refractivity contribution < 1.29 is 27.5 Å². The van der Waals surface area contributed by atoms with Gasteiger partial charge in [0.25, 0.3) is 11.8 Å². The number of piperazine rings is 1. The fourth-order valence-electron chi connectivity index (χ4n) is 5.26. The molecule has 0 atom stereocenters. The predicted molar refractivity (Wildman–Crippen MR) is 172 cm³/mol. The molecular weight excluding hydrogens is 665 g/mol. The van der Waals surface area contributed by atoms with Gasteiger partial charge in [-0.1, -0.05) is 12.1 Å². The van der Waals surface area contributed by atoms with Crippen molar-refractivity contribution in [3.8, 4) is 11.6 Å². The molecule has 1 saturated heterocycles. The SMILES string of the molecule is Br.Cn1c(C(=O)N2CCN(Cc3ccccn3)CC2)cc2c(Oc3ccc(NC(=O)c4ccc(C(F)(F)F)cc4)cn3)cccc21. The van der Waals surface area contributed by atoms with Crippen molar-refractivity contribution in [3.05, 3.63) is 114 Å². The van der Waals surface area contributed by atoms with Gasteiger partial charge < -0.3 is 19.5 Å². The van der Waals surface area contributed by atoms with E-state index in [1.807, 2.05) is 52.9 Å². The number of rotatable bonds is 7. The van der Waals surface area contributed by atoms with Crippen LogP contribution >= 0.6 is 17.0 Å². The molecule has 3 aromatic heterocycles. The van der Waals surface area contributed by atoms with E-state index in [4.69, 9.17) is 4.74 Å². The molecule has 0 unspecified atom stereocenters. The Morgan fingerprint density at radius 2 is 1.67 bits per heavy atom. The molecule has 1 aliphatic heterocycles. The molecule has 6 rings (SSSR count). The maximum atomic E-state index is 13.6. The first-order valence-corrected chi connectivity index (χ1v) is 14.3. The Morgan fingerprint density at radius 1 is 0.913 bits per heavy atom. The summed E-state index contributed by atoms with van der Waals surface area (Å²) < 4.78 is 46.3. The first-order chi connectivity index (χ1) is 21.7. The lowest BCUT2D eigenvalue weighted by Gasteiger charge is -2.34. The summed E-state index contributed by atoms with van der Waals surface area (Å²) in [7, 11) is 1.85. The van der Waals surface area contributed by atoms with Gasteiger partial charge in [-0.15, -0.1) is 17.0 Å². The van der Waals surface area contributed by atoms with Crippen molar-refractivity contribution in [2.45, 2.75) is 12.7 Å². The summed E-state index contributed by atoms with van der Waals surface area (Å²) in [6.07, 6.45) is -1.30. The van der Waals surface area contributed by atoms with E-state index < -0.39 is 17.6 Å². The van der Waals surface area contributed by atoms with Gasteiger partial charge in [0.15, 0.2) is 0 Å². The third-order valence-corrected chi connectivity index (χ3v) is 7.72. The van der Waals surface area contributed by atoms with Gasteiger partial charge in [0.05, 0.1) is 28.7 Å². The minimum atomic E-state index is -4.48. The zero-order valence-electron chi connectivity index (χ0n) is 24.7. The molecule has 0 aliphatic carbocycles. The van der Waals surface area contributed by atoms with Crippen LogP contribution in [-0.2, 0) is 19.8 Å². The Bertz CT molecular complexity index is 1820. The largest absolute Gasteiger partial charge is 0.438 e. The number of pyridine rings is 2. The molecule has 238 valence electrons. The fraction of sp³-hybridized carbons (Fsp3) is 0.212. The van der Waals surface area contributed by atoms with Crippen LogP contribution in [-0.4, -0.2) is 62.3 Å². The molecular formula is C33H30BrF3N6O3. The number of carbonyl (C=O) groups excluding carboxylic acids is 2. The number of fused-ring (bicyclic) bond motifs is 1. The molecule has 1 aliphatic rings. The molecule has 2 aromatic carbocycles. The van der Waals surface area contributed by atoms with Gasteiger partial charge in [-0.2, -0.15) is 13.2 Å². The summed E-state index contributed by atoms with van der Waals surface area (Å²) in [6.45, 7) is 3.49. The van der Waals surface area contributed by atoms with Crippen LogP contribution in [0.25, 0.3) is 10.9 Å². The van der Waals surface area contributed by atoms with E-state index in [2.05, 4.69) is 20.2 Å². The molecule has 46 heavy (non-hydrogen) atoms. The number of benzene rings is 2. The van der Waals surface area contributed by atoms with Gasteiger partial charge in [-0.3, -0.25) is 19.5 Å². The van der Waals surface area contributed by atoms with Gasteiger partial charge in [-0.25, -0.2) is 4.98 Å². The van der Waals surface area contributed by atoms with Crippen molar-refractivity contribution in [1.82, 2.24) is 24.3 Å². The summed E-state index contributed by atoms with van der Waals surface area (Å²) in [5.41, 5.74) is 1.97. The number of amides is 2. The minimum absolute atomic E-state index is 0. The van der Waals surface area contributed by atoms with E-state index in [1.54, 1.807) is 24.4 Å². The van der Waals surface area contributed by atoms with Crippen molar-refractivity contribution in [1.29, 1.82) is 0 Å². The highest BCUT2D eigenvalue weighted by molar-refractivity contribution is 8.93. The number of nitrogens with zero attached hydrogens (tertiary/aromatic N) is 5. The van der Waals surface area contributed by atoms with E-state index in [-0.39, 0.29) is 34.3 Å². The van der Waals surface area contributed by atoms with Crippen molar-refractivity contribution >= 4 is 45.4 Å². The summed E-state index contributed by atoms with van der Waals surface area (Å²) in [4.78, 5) is 38.9. The third kappa shape index (κ3) is 7.21. The lowest BCUT2D eigenvalue weighted by molar-refractivity contribution is -0.137. The number of anilines is 1. The van der Waals surface area contributed by atoms with Crippen LogP contribution in [0.3, 0.4) is 0 Å². The van der Waals surface area contributed by atoms with Crippen LogP contribution in [0.5, 0.6) is 11.6 Å². The highest BCUT2D eigenvalue weighted by Gasteiger charge is 2.30. The predicted octanol–water partition coefficient (Wildman–Crippen LogP) is 6.57. The molecule has 0 radical (unpaired) electrons. The molecule has 0 bridgehead atoms. The van der Waals surface area contributed by atoms with Crippen LogP contribution in [0.15, 0.2) is 91.3 Å². The maximum Gasteiger partial charge on any atom is 0.416 e. The normalized spacial score (nSPS) is 13.7. The lowest BCUT2D eigenvalue weighted by Crippen LogP contribution is -2.48. The number of nitrogens with one attached hydrogen (secondary N) is 1. The molecule has 9 nitrogen and oxygen atoms in total. The number of hydrogen-bond donors (Lipinski definition) is 1. The Hall–Kier alpha value is -4.75. The van der Waals surface area contributed by atoms with E-state index in [0.29, 0.717) is 30.2 Å². The third-order valence-electron chi connectivity index (χ3n) is 7.72. The Balaban J connectivity index is 0.00000417. The molecule has 13 heteroatoms. The van der Waals surface area contributed by atoms with Gasteiger partial charge in [-0.05, 0) is 60.7 Å². The number of halogens is 4. The van der Waals surface area contributed by atoms with E-state index >= 15 is 0 Å². The summed E-state index contributed by atoms with van der Waals surface area (Å²) in [5.74, 6) is 0.149. The monoisotopic (exact) mass is 694 g/mol. The van der Waals surface area contributed by atoms with Gasteiger partial charge in [0.1, 0.15) is 11.4 Å².